The Kier molecular flexibility index (Phi) is 3.41. The predicted octanol–water partition coefficient (Wildman–Crippen LogP) is 2.98. The van der Waals surface area contributed by atoms with Crippen molar-refractivity contribution in [2.75, 3.05) is 5.32 Å². The average Bonchev–Trinajstić information content (AvgIpc) is 3.23. The van der Waals surface area contributed by atoms with Crippen LogP contribution in [0.3, 0.4) is 0 Å². The van der Waals surface area contributed by atoms with Gasteiger partial charge in [0.2, 0.25) is 0 Å². The maximum absolute atomic E-state index is 8.88. The van der Waals surface area contributed by atoms with Gasteiger partial charge in [0.25, 0.3) is 0 Å². The fourth-order valence-corrected chi connectivity index (χ4v) is 2.40. The summed E-state index contributed by atoms with van der Waals surface area (Å²) >= 11 is 0. The van der Waals surface area contributed by atoms with Gasteiger partial charge in [0.15, 0.2) is 0 Å². The molecule has 1 aliphatic rings. The maximum Gasteiger partial charge on any atom is 0.0991 e. The predicted molar refractivity (Wildman–Crippen MR) is 80.3 cm³/mol. The average molecular weight is 263 g/mol. The normalized spacial score (nSPS) is 20.2. The van der Waals surface area contributed by atoms with Crippen molar-refractivity contribution >= 4 is 5.69 Å². The summed E-state index contributed by atoms with van der Waals surface area (Å²) in [5.74, 6) is 0.552. The van der Waals surface area contributed by atoms with Gasteiger partial charge in [-0.05, 0) is 41.8 Å². The molecule has 0 amide bonds. The second-order valence-corrected chi connectivity index (χ2v) is 5.29. The van der Waals surface area contributed by atoms with Crippen LogP contribution in [0.5, 0.6) is 0 Å². The second kappa shape index (κ2) is 5.36. The van der Waals surface area contributed by atoms with E-state index < -0.39 is 0 Å². The molecule has 20 heavy (non-hydrogen) atoms. The Labute approximate surface area is 119 Å². The van der Waals surface area contributed by atoms with E-state index in [1.165, 1.54) is 5.56 Å². The van der Waals surface area contributed by atoms with Crippen molar-refractivity contribution < 1.29 is 0 Å². The molecule has 3 rings (SSSR count). The summed E-state index contributed by atoms with van der Waals surface area (Å²) in [6.45, 7) is 0.720. The van der Waals surface area contributed by atoms with Crippen LogP contribution in [0.15, 0.2) is 48.5 Å². The molecule has 3 heteroatoms. The van der Waals surface area contributed by atoms with E-state index in [9.17, 15) is 0 Å². The minimum absolute atomic E-state index is 0.350. The molecule has 0 aromatic heterocycles. The van der Waals surface area contributed by atoms with Gasteiger partial charge in [0.1, 0.15) is 0 Å². The van der Waals surface area contributed by atoms with Crippen molar-refractivity contribution in [3.05, 3.63) is 65.2 Å². The molecule has 3 nitrogen and oxygen atoms in total. The molecule has 0 saturated heterocycles. The SMILES string of the molecule is N#Cc1cccc(CNc2ccc(C3CC3N)cc2)c1. The third kappa shape index (κ3) is 2.81. The zero-order chi connectivity index (χ0) is 13.9. The molecule has 100 valence electrons. The highest BCUT2D eigenvalue weighted by molar-refractivity contribution is 5.47. The third-order valence-electron chi connectivity index (χ3n) is 3.73. The van der Waals surface area contributed by atoms with Gasteiger partial charge >= 0.3 is 0 Å². The number of nitrogens with zero attached hydrogens (tertiary/aromatic N) is 1. The van der Waals surface area contributed by atoms with Crippen LogP contribution in [0.25, 0.3) is 0 Å². The Morgan fingerprint density at radius 2 is 1.95 bits per heavy atom. The molecule has 2 aromatic rings. The van der Waals surface area contributed by atoms with E-state index in [0.717, 1.165) is 24.2 Å². The molecule has 2 atom stereocenters. The molecule has 2 unspecified atom stereocenters. The van der Waals surface area contributed by atoms with Crippen molar-refractivity contribution in [1.82, 2.24) is 0 Å². The first-order valence-electron chi connectivity index (χ1n) is 6.85. The van der Waals surface area contributed by atoms with Gasteiger partial charge < -0.3 is 11.1 Å². The molecule has 0 radical (unpaired) electrons. The largest absolute Gasteiger partial charge is 0.381 e. The van der Waals surface area contributed by atoms with Crippen LogP contribution >= 0.6 is 0 Å². The van der Waals surface area contributed by atoms with Gasteiger partial charge in [-0.1, -0.05) is 24.3 Å². The number of anilines is 1. The van der Waals surface area contributed by atoms with Gasteiger partial charge in [-0.15, -0.1) is 0 Å². The van der Waals surface area contributed by atoms with Crippen molar-refractivity contribution in [2.24, 2.45) is 5.73 Å². The Bertz CT molecular complexity index is 640. The number of nitriles is 1. The van der Waals surface area contributed by atoms with Gasteiger partial charge in [0.05, 0.1) is 11.6 Å². The number of benzene rings is 2. The topological polar surface area (TPSA) is 61.8 Å². The summed E-state index contributed by atoms with van der Waals surface area (Å²) in [5.41, 5.74) is 10.1. The molecular formula is C17H17N3. The standard InChI is InChI=1S/C17H17N3/c18-10-12-2-1-3-13(8-12)11-20-15-6-4-14(5-7-15)16-9-17(16)19/h1-8,16-17,20H,9,11,19H2. The first-order chi connectivity index (χ1) is 9.76. The van der Waals surface area contributed by atoms with E-state index in [-0.39, 0.29) is 0 Å². The zero-order valence-electron chi connectivity index (χ0n) is 11.2. The summed E-state index contributed by atoms with van der Waals surface area (Å²) in [5, 5.41) is 12.2. The summed E-state index contributed by atoms with van der Waals surface area (Å²) < 4.78 is 0. The number of hydrogen-bond donors (Lipinski definition) is 2. The Hall–Kier alpha value is -2.31. The monoisotopic (exact) mass is 263 g/mol. The summed E-state index contributed by atoms with van der Waals surface area (Å²) in [6.07, 6.45) is 1.10. The Balaban J connectivity index is 1.62. The fraction of sp³-hybridized carbons (Fsp3) is 0.235. The van der Waals surface area contributed by atoms with E-state index in [0.29, 0.717) is 17.5 Å². The van der Waals surface area contributed by atoms with E-state index in [1.54, 1.807) is 0 Å². The molecule has 0 spiro atoms. The van der Waals surface area contributed by atoms with Crippen LogP contribution in [-0.2, 0) is 6.54 Å². The first kappa shape index (κ1) is 12.7. The van der Waals surface area contributed by atoms with Crippen molar-refractivity contribution in [1.29, 1.82) is 5.26 Å². The van der Waals surface area contributed by atoms with Crippen molar-refractivity contribution in [3.63, 3.8) is 0 Å². The maximum atomic E-state index is 8.88. The summed E-state index contributed by atoms with van der Waals surface area (Å²) in [4.78, 5) is 0. The second-order valence-electron chi connectivity index (χ2n) is 5.29. The van der Waals surface area contributed by atoms with Gasteiger partial charge in [-0.3, -0.25) is 0 Å². The number of nitrogens with one attached hydrogen (secondary N) is 1. The third-order valence-corrected chi connectivity index (χ3v) is 3.73. The van der Waals surface area contributed by atoms with E-state index in [1.807, 2.05) is 24.3 Å². The molecule has 1 fully saturated rings. The molecule has 2 aromatic carbocycles. The van der Waals surface area contributed by atoms with Gasteiger partial charge in [-0.25, -0.2) is 0 Å². The lowest BCUT2D eigenvalue weighted by atomic mass is 10.1. The lowest BCUT2D eigenvalue weighted by molar-refractivity contribution is 0.990. The summed E-state index contributed by atoms with van der Waals surface area (Å²) in [6, 6.07) is 18.6. The van der Waals surface area contributed by atoms with Crippen LogP contribution in [0.2, 0.25) is 0 Å². The minimum atomic E-state index is 0.350. The van der Waals surface area contributed by atoms with Crippen LogP contribution in [0.1, 0.15) is 29.0 Å². The van der Waals surface area contributed by atoms with Crippen molar-refractivity contribution in [3.8, 4) is 6.07 Å². The highest BCUT2D eigenvalue weighted by Gasteiger charge is 2.34. The fourth-order valence-electron chi connectivity index (χ4n) is 2.40. The van der Waals surface area contributed by atoms with E-state index >= 15 is 0 Å². The molecule has 0 heterocycles. The number of nitrogens with two attached hydrogens (primary N) is 1. The van der Waals surface area contributed by atoms with Crippen LogP contribution in [0.4, 0.5) is 5.69 Å². The highest BCUT2D eigenvalue weighted by atomic mass is 14.9. The Morgan fingerprint density at radius 3 is 2.60 bits per heavy atom. The highest BCUT2D eigenvalue weighted by Crippen LogP contribution is 2.39. The van der Waals surface area contributed by atoms with Crippen LogP contribution in [-0.4, -0.2) is 6.04 Å². The first-order valence-corrected chi connectivity index (χ1v) is 6.85. The smallest absolute Gasteiger partial charge is 0.0991 e. The summed E-state index contributed by atoms with van der Waals surface area (Å²) in [7, 11) is 0. The Morgan fingerprint density at radius 1 is 1.20 bits per heavy atom. The minimum Gasteiger partial charge on any atom is -0.381 e. The van der Waals surface area contributed by atoms with Gasteiger partial charge in [-0.2, -0.15) is 5.26 Å². The van der Waals surface area contributed by atoms with Crippen molar-refractivity contribution in [2.45, 2.75) is 24.9 Å². The molecule has 0 bridgehead atoms. The molecule has 3 N–H and O–H groups in total. The van der Waals surface area contributed by atoms with E-state index in [2.05, 4.69) is 35.7 Å². The lowest BCUT2D eigenvalue weighted by Crippen LogP contribution is -2.02. The number of hydrogen-bond acceptors (Lipinski definition) is 3. The molecule has 1 aliphatic carbocycles. The van der Waals surface area contributed by atoms with Crippen LogP contribution in [0, 0.1) is 11.3 Å². The molecule has 0 aliphatic heterocycles. The van der Waals surface area contributed by atoms with Gasteiger partial charge in [0, 0.05) is 24.2 Å². The number of rotatable bonds is 4. The van der Waals surface area contributed by atoms with E-state index in [4.69, 9.17) is 11.0 Å². The zero-order valence-corrected chi connectivity index (χ0v) is 11.2. The lowest BCUT2D eigenvalue weighted by Gasteiger charge is -2.08. The molecular weight excluding hydrogens is 246 g/mol. The quantitative estimate of drug-likeness (QED) is 0.891. The molecule has 1 saturated carbocycles. The van der Waals surface area contributed by atoms with Crippen LogP contribution < -0.4 is 11.1 Å².